The van der Waals surface area contributed by atoms with Crippen LogP contribution in [0.25, 0.3) is 0 Å². The van der Waals surface area contributed by atoms with E-state index in [0.29, 0.717) is 0 Å². The summed E-state index contributed by atoms with van der Waals surface area (Å²) in [6.07, 6.45) is -0.600. The predicted molar refractivity (Wildman–Crippen MR) is 93.1 cm³/mol. The van der Waals surface area contributed by atoms with Gasteiger partial charge in [0.15, 0.2) is 0 Å². The Bertz CT molecular complexity index is 672. The molecule has 0 saturated heterocycles. The summed E-state index contributed by atoms with van der Waals surface area (Å²) < 4.78 is 0.993. The van der Waals surface area contributed by atoms with Crippen LogP contribution in [-0.4, -0.2) is 5.11 Å². The first-order valence-corrected chi connectivity index (χ1v) is 8.06. The second kappa shape index (κ2) is 5.94. The Morgan fingerprint density at radius 2 is 1.29 bits per heavy atom. The van der Waals surface area contributed by atoms with Crippen molar-refractivity contribution in [1.29, 1.82) is 0 Å². The van der Waals surface area contributed by atoms with E-state index in [1.165, 1.54) is 27.8 Å². The van der Waals surface area contributed by atoms with E-state index in [2.05, 4.69) is 50.5 Å². The first-order valence-electron chi connectivity index (χ1n) is 7.27. The van der Waals surface area contributed by atoms with Gasteiger partial charge in [-0.1, -0.05) is 34.1 Å². The molecule has 2 heteroatoms. The Morgan fingerprint density at radius 3 is 1.81 bits per heavy atom. The van der Waals surface area contributed by atoms with Gasteiger partial charge in [-0.3, -0.25) is 0 Å². The molecule has 0 saturated carbocycles. The van der Waals surface area contributed by atoms with Gasteiger partial charge >= 0.3 is 0 Å². The van der Waals surface area contributed by atoms with E-state index >= 15 is 0 Å². The van der Waals surface area contributed by atoms with Crippen LogP contribution in [0.15, 0.2) is 22.7 Å². The largest absolute Gasteiger partial charge is 0.384 e. The van der Waals surface area contributed by atoms with E-state index in [0.717, 1.165) is 21.2 Å². The number of benzene rings is 2. The van der Waals surface area contributed by atoms with Crippen LogP contribution in [-0.2, 0) is 0 Å². The fourth-order valence-corrected chi connectivity index (χ4v) is 3.46. The number of hydrogen-bond acceptors (Lipinski definition) is 1. The molecule has 2 aromatic rings. The number of rotatable bonds is 2. The maximum absolute atomic E-state index is 11.0. The van der Waals surface area contributed by atoms with Crippen LogP contribution in [0.5, 0.6) is 0 Å². The van der Waals surface area contributed by atoms with E-state index < -0.39 is 6.10 Å². The van der Waals surface area contributed by atoms with Gasteiger partial charge in [0.2, 0.25) is 0 Å². The summed E-state index contributed by atoms with van der Waals surface area (Å²) in [4.78, 5) is 0. The molecule has 0 aliphatic carbocycles. The third-order valence-electron chi connectivity index (χ3n) is 4.85. The third-order valence-corrected chi connectivity index (χ3v) is 5.93. The standard InChI is InChI=1S/C19H23BrO/c1-10-8-7-9-16(18(10)20)19(21)17-14(5)12(3)11(2)13(4)15(17)6/h7-9,19,21H,1-6H3. The lowest BCUT2D eigenvalue weighted by Gasteiger charge is -2.23. The molecular formula is C19H23BrO. The monoisotopic (exact) mass is 346 g/mol. The molecule has 2 rings (SSSR count). The molecule has 112 valence electrons. The molecule has 1 N–H and O–H groups in total. The van der Waals surface area contributed by atoms with Crippen LogP contribution in [0.4, 0.5) is 0 Å². The zero-order chi connectivity index (χ0) is 15.9. The lowest BCUT2D eigenvalue weighted by molar-refractivity contribution is 0.217. The molecular weight excluding hydrogens is 324 g/mol. The van der Waals surface area contributed by atoms with Gasteiger partial charge in [0, 0.05) is 4.47 Å². The minimum Gasteiger partial charge on any atom is -0.384 e. The van der Waals surface area contributed by atoms with Gasteiger partial charge in [-0.15, -0.1) is 0 Å². The molecule has 0 bridgehead atoms. The van der Waals surface area contributed by atoms with Crippen LogP contribution in [0.1, 0.15) is 50.6 Å². The van der Waals surface area contributed by atoms with Crippen LogP contribution >= 0.6 is 15.9 Å². The van der Waals surface area contributed by atoms with E-state index in [9.17, 15) is 5.11 Å². The van der Waals surface area contributed by atoms with Crippen molar-refractivity contribution in [3.63, 3.8) is 0 Å². The van der Waals surface area contributed by atoms with E-state index in [-0.39, 0.29) is 0 Å². The lowest BCUT2D eigenvalue weighted by atomic mass is 9.85. The van der Waals surface area contributed by atoms with E-state index in [4.69, 9.17) is 0 Å². The SMILES string of the molecule is Cc1cccc(C(O)c2c(C)c(C)c(C)c(C)c2C)c1Br. The molecule has 21 heavy (non-hydrogen) atoms. The first kappa shape index (κ1) is 16.3. The minimum atomic E-state index is -0.600. The quantitative estimate of drug-likeness (QED) is 0.773. The van der Waals surface area contributed by atoms with Gasteiger partial charge in [0.05, 0.1) is 0 Å². The second-order valence-electron chi connectivity index (χ2n) is 5.92. The first-order chi connectivity index (χ1) is 9.77. The van der Waals surface area contributed by atoms with Gasteiger partial charge in [-0.05, 0) is 86.1 Å². The highest BCUT2D eigenvalue weighted by Crippen LogP contribution is 2.36. The summed E-state index contributed by atoms with van der Waals surface area (Å²) in [5.41, 5.74) is 9.37. The fourth-order valence-electron chi connectivity index (χ4n) is 2.98. The molecule has 0 amide bonds. The maximum atomic E-state index is 11.0. The van der Waals surface area contributed by atoms with Crippen molar-refractivity contribution in [2.75, 3.05) is 0 Å². The van der Waals surface area contributed by atoms with Gasteiger partial charge in [0.25, 0.3) is 0 Å². The molecule has 2 aromatic carbocycles. The van der Waals surface area contributed by atoms with Crippen LogP contribution < -0.4 is 0 Å². The molecule has 1 atom stereocenters. The zero-order valence-corrected chi connectivity index (χ0v) is 15.2. The van der Waals surface area contributed by atoms with Crippen molar-refractivity contribution in [2.24, 2.45) is 0 Å². The predicted octanol–water partition coefficient (Wildman–Crippen LogP) is 5.38. The van der Waals surface area contributed by atoms with Crippen molar-refractivity contribution in [3.05, 3.63) is 67.2 Å². The second-order valence-corrected chi connectivity index (χ2v) is 6.71. The Labute approximate surface area is 136 Å². The molecule has 1 unspecified atom stereocenters. The fraction of sp³-hybridized carbons (Fsp3) is 0.368. The van der Waals surface area contributed by atoms with Crippen molar-refractivity contribution < 1.29 is 5.11 Å². The third kappa shape index (κ3) is 2.67. The van der Waals surface area contributed by atoms with Gasteiger partial charge in [-0.25, -0.2) is 0 Å². The molecule has 0 spiro atoms. The summed E-state index contributed by atoms with van der Waals surface area (Å²) in [7, 11) is 0. The summed E-state index contributed by atoms with van der Waals surface area (Å²) in [6, 6.07) is 6.04. The van der Waals surface area contributed by atoms with Gasteiger partial charge in [-0.2, -0.15) is 0 Å². The summed E-state index contributed by atoms with van der Waals surface area (Å²) in [5.74, 6) is 0. The van der Waals surface area contributed by atoms with Crippen molar-refractivity contribution in [3.8, 4) is 0 Å². The van der Waals surface area contributed by atoms with E-state index in [1.54, 1.807) is 0 Å². The van der Waals surface area contributed by atoms with Gasteiger partial charge in [0.1, 0.15) is 6.10 Å². The number of hydrogen-bond donors (Lipinski definition) is 1. The summed E-state index contributed by atoms with van der Waals surface area (Å²) in [5, 5.41) is 11.0. The molecule has 0 radical (unpaired) electrons. The normalized spacial score (nSPS) is 12.6. The van der Waals surface area contributed by atoms with Crippen molar-refractivity contribution in [1.82, 2.24) is 0 Å². The molecule has 0 heterocycles. The maximum Gasteiger partial charge on any atom is 0.106 e. The Hall–Kier alpha value is -1.12. The molecule has 0 fully saturated rings. The number of aliphatic hydroxyl groups is 1. The highest BCUT2D eigenvalue weighted by Gasteiger charge is 2.21. The van der Waals surface area contributed by atoms with E-state index in [1.807, 2.05) is 25.1 Å². The topological polar surface area (TPSA) is 20.2 Å². The van der Waals surface area contributed by atoms with Crippen LogP contribution in [0, 0.1) is 41.5 Å². The molecule has 0 aliphatic heterocycles. The lowest BCUT2D eigenvalue weighted by Crippen LogP contribution is -2.10. The molecule has 0 aliphatic rings. The summed E-state index contributed by atoms with van der Waals surface area (Å²) in [6.45, 7) is 12.7. The number of halogens is 1. The molecule has 0 aromatic heterocycles. The Morgan fingerprint density at radius 1 is 0.810 bits per heavy atom. The van der Waals surface area contributed by atoms with Crippen molar-refractivity contribution in [2.45, 2.75) is 47.6 Å². The molecule has 1 nitrogen and oxygen atoms in total. The number of aryl methyl sites for hydroxylation is 1. The average Bonchev–Trinajstić information content (AvgIpc) is 2.46. The van der Waals surface area contributed by atoms with Crippen LogP contribution in [0.3, 0.4) is 0 Å². The smallest absolute Gasteiger partial charge is 0.106 e. The zero-order valence-electron chi connectivity index (χ0n) is 13.6. The minimum absolute atomic E-state index is 0.600. The highest BCUT2D eigenvalue weighted by atomic mass is 79.9. The Kier molecular flexibility index (Phi) is 4.60. The van der Waals surface area contributed by atoms with Crippen LogP contribution in [0.2, 0.25) is 0 Å². The number of aliphatic hydroxyl groups excluding tert-OH is 1. The van der Waals surface area contributed by atoms with Crippen molar-refractivity contribution >= 4 is 15.9 Å². The van der Waals surface area contributed by atoms with Gasteiger partial charge < -0.3 is 5.11 Å². The highest BCUT2D eigenvalue weighted by molar-refractivity contribution is 9.10. The Balaban J connectivity index is 2.70. The average molecular weight is 347 g/mol. The summed E-state index contributed by atoms with van der Waals surface area (Å²) >= 11 is 3.62.